The summed E-state index contributed by atoms with van der Waals surface area (Å²) in [5.41, 5.74) is 0.711. The molecule has 0 aliphatic heterocycles. The quantitative estimate of drug-likeness (QED) is 0.756. The fourth-order valence-corrected chi connectivity index (χ4v) is 2.31. The minimum Gasteiger partial charge on any atom is -0.223 e. The van der Waals surface area contributed by atoms with Crippen molar-refractivity contribution in [3.05, 3.63) is 35.9 Å². The summed E-state index contributed by atoms with van der Waals surface area (Å²) in [5.74, 6) is 0. The molecule has 0 aliphatic carbocycles. The summed E-state index contributed by atoms with van der Waals surface area (Å²) in [6.07, 6.45) is 2.90. The van der Waals surface area contributed by atoms with Crippen LogP contribution in [-0.2, 0) is 9.84 Å². The topological polar surface area (TPSA) is 57.9 Å². The lowest BCUT2D eigenvalue weighted by Gasteiger charge is -2.07. The van der Waals surface area contributed by atoms with Crippen molar-refractivity contribution in [1.82, 2.24) is 0 Å². The minimum absolute atomic E-state index is 0.294. The van der Waals surface area contributed by atoms with Crippen molar-refractivity contribution >= 4 is 15.9 Å². The molecule has 4 heteroatoms. The molecule has 0 atom stereocenters. The van der Waals surface area contributed by atoms with Gasteiger partial charge in [-0.25, -0.2) is 8.42 Å². The molecule has 0 aliphatic rings. The Balaban J connectivity index is 3.19. The lowest BCUT2D eigenvalue weighted by Crippen LogP contribution is -2.13. The van der Waals surface area contributed by atoms with Crippen LogP contribution in [0, 0.1) is 11.3 Å². The van der Waals surface area contributed by atoms with Gasteiger partial charge in [-0.3, -0.25) is 0 Å². The lowest BCUT2D eigenvalue weighted by atomic mass is 10.2. The van der Waals surface area contributed by atoms with E-state index in [2.05, 4.69) is 0 Å². The normalized spacial score (nSPS) is 11.9. The van der Waals surface area contributed by atoms with Crippen molar-refractivity contribution in [1.29, 1.82) is 5.26 Å². The van der Waals surface area contributed by atoms with E-state index >= 15 is 0 Å². The second kappa shape index (κ2) is 4.95. The summed E-state index contributed by atoms with van der Waals surface area (Å²) in [4.78, 5) is 0.294. The van der Waals surface area contributed by atoms with Gasteiger partial charge in [-0.05, 0) is 37.6 Å². The first kappa shape index (κ1) is 12.5. The molecule has 1 rings (SSSR count). The highest BCUT2D eigenvalue weighted by Crippen LogP contribution is 2.17. The van der Waals surface area contributed by atoms with E-state index in [0.29, 0.717) is 10.5 Å². The summed E-state index contributed by atoms with van der Waals surface area (Å²) in [6, 6.07) is 8.44. The van der Waals surface area contributed by atoms with Crippen LogP contribution in [0.5, 0.6) is 0 Å². The Morgan fingerprint density at radius 3 is 2.62 bits per heavy atom. The van der Waals surface area contributed by atoms with Gasteiger partial charge in [-0.1, -0.05) is 12.1 Å². The van der Waals surface area contributed by atoms with E-state index < -0.39 is 15.1 Å². The number of nitriles is 1. The molecule has 1 aromatic carbocycles. The maximum atomic E-state index is 11.9. The maximum Gasteiger partial charge on any atom is 0.180 e. The van der Waals surface area contributed by atoms with E-state index in [1.54, 1.807) is 44.2 Å². The Morgan fingerprint density at radius 2 is 2.06 bits per heavy atom. The van der Waals surface area contributed by atoms with Crippen LogP contribution in [0.2, 0.25) is 0 Å². The van der Waals surface area contributed by atoms with Crippen molar-refractivity contribution in [3.63, 3.8) is 0 Å². The largest absolute Gasteiger partial charge is 0.223 e. The van der Waals surface area contributed by atoms with Gasteiger partial charge in [0.15, 0.2) is 9.84 Å². The monoisotopic (exact) mass is 235 g/mol. The van der Waals surface area contributed by atoms with Crippen LogP contribution in [0.25, 0.3) is 6.08 Å². The van der Waals surface area contributed by atoms with Gasteiger partial charge in [0, 0.05) is 6.08 Å². The van der Waals surface area contributed by atoms with Crippen molar-refractivity contribution in [2.45, 2.75) is 24.0 Å². The smallest absolute Gasteiger partial charge is 0.180 e. The fourth-order valence-electron chi connectivity index (χ4n) is 1.20. The number of rotatable bonds is 3. The van der Waals surface area contributed by atoms with Gasteiger partial charge in [0.1, 0.15) is 0 Å². The molecule has 0 spiro atoms. The number of benzene rings is 1. The zero-order valence-corrected chi connectivity index (χ0v) is 10.0. The van der Waals surface area contributed by atoms with Gasteiger partial charge in [0.2, 0.25) is 0 Å². The molecule has 16 heavy (non-hydrogen) atoms. The summed E-state index contributed by atoms with van der Waals surface area (Å²) in [6.45, 7) is 3.29. The van der Waals surface area contributed by atoms with Crippen LogP contribution in [0.15, 0.2) is 35.2 Å². The molecule has 0 fully saturated rings. The zero-order chi connectivity index (χ0) is 12.2. The van der Waals surface area contributed by atoms with Gasteiger partial charge >= 0.3 is 0 Å². The Bertz CT molecular complexity index is 536. The molecule has 0 unspecified atom stereocenters. The van der Waals surface area contributed by atoms with E-state index in [9.17, 15) is 8.42 Å². The van der Waals surface area contributed by atoms with Crippen LogP contribution >= 0.6 is 0 Å². The van der Waals surface area contributed by atoms with E-state index in [1.807, 2.05) is 6.07 Å². The van der Waals surface area contributed by atoms with Gasteiger partial charge in [-0.2, -0.15) is 5.26 Å². The molecule has 1 aromatic rings. The Labute approximate surface area is 95.9 Å². The first-order chi connectivity index (χ1) is 7.48. The van der Waals surface area contributed by atoms with E-state index in [4.69, 9.17) is 5.26 Å². The second-order valence-electron chi connectivity index (χ2n) is 3.63. The summed E-state index contributed by atoms with van der Waals surface area (Å²) < 4.78 is 23.7. The molecule has 0 heterocycles. The van der Waals surface area contributed by atoms with E-state index in [0.717, 1.165) is 0 Å². The third-order valence-electron chi connectivity index (χ3n) is 2.16. The SMILES string of the molecule is CC(C)S(=O)(=O)c1cccc(C=CC#N)c1. The Hall–Kier alpha value is -1.60. The molecule has 0 radical (unpaired) electrons. The standard InChI is InChI=1S/C12H13NO2S/c1-10(2)16(14,15)12-7-3-5-11(9-12)6-4-8-13/h3-7,9-10H,1-2H3. The highest BCUT2D eigenvalue weighted by atomic mass is 32.2. The van der Waals surface area contributed by atoms with Crippen LogP contribution < -0.4 is 0 Å². The minimum atomic E-state index is -3.24. The average molecular weight is 235 g/mol. The predicted molar refractivity (Wildman–Crippen MR) is 63.4 cm³/mol. The second-order valence-corrected chi connectivity index (χ2v) is 6.13. The molecular weight excluding hydrogens is 222 g/mol. The van der Waals surface area contributed by atoms with Crippen LogP contribution in [0.4, 0.5) is 0 Å². The third kappa shape index (κ3) is 2.71. The van der Waals surface area contributed by atoms with Gasteiger partial charge < -0.3 is 0 Å². The molecule has 3 nitrogen and oxygen atoms in total. The number of allylic oxidation sites excluding steroid dienone is 1. The highest BCUT2D eigenvalue weighted by molar-refractivity contribution is 7.92. The lowest BCUT2D eigenvalue weighted by molar-refractivity contribution is 0.587. The first-order valence-electron chi connectivity index (χ1n) is 4.88. The molecular formula is C12H13NO2S. The zero-order valence-electron chi connectivity index (χ0n) is 9.21. The van der Waals surface area contributed by atoms with E-state index in [1.165, 1.54) is 6.08 Å². The molecule has 0 saturated carbocycles. The van der Waals surface area contributed by atoms with Gasteiger partial charge in [-0.15, -0.1) is 0 Å². The number of hydrogen-bond acceptors (Lipinski definition) is 3. The van der Waals surface area contributed by atoms with Crippen molar-refractivity contribution in [2.24, 2.45) is 0 Å². The van der Waals surface area contributed by atoms with Crippen molar-refractivity contribution < 1.29 is 8.42 Å². The molecule has 84 valence electrons. The third-order valence-corrected chi connectivity index (χ3v) is 4.31. The van der Waals surface area contributed by atoms with Gasteiger partial charge in [0.05, 0.1) is 16.2 Å². The molecule has 0 saturated heterocycles. The maximum absolute atomic E-state index is 11.9. The fraction of sp³-hybridized carbons (Fsp3) is 0.250. The highest BCUT2D eigenvalue weighted by Gasteiger charge is 2.18. The van der Waals surface area contributed by atoms with Crippen LogP contribution in [0.1, 0.15) is 19.4 Å². The van der Waals surface area contributed by atoms with Crippen LogP contribution in [0.3, 0.4) is 0 Å². The number of sulfone groups is 1. The summed E-state index contributed by atoms with van der Waals surface area (Å²) in [7, 11) is -3.24. The Kier molecular flexibility index (Phi) is 3.86. The molecule has 0 N–H and O–H groups in total. The van der Waals surface area contributed by atoms with Gasteiger partial charge in [0.25, 0.3) is 0 Å². The van der Waals surface area contributed by atoms with Crippen molar-refractivity contribution in [3.8, 4) is 6.07 Å². The van der Waals surface area contributed by atoms with Crippen LogP contribution in [-0.4, -0.2) is 13.7 Å². The summed E-state index contributed by atoms with van der Waals surface area (Å²) in [5, 5.41) is 7.95. The number of hydrogen-bond donors (Lipinski definition) is 0. The Morgan fingerprint density at radius 1 is 1.38 bits per heavy atom. The predicted octanol–water partition coefficient (Wildman–Crippen LogP) is 2.41. The molecule has 0 bridgehead atoms. The average Bonchev–Trinajstić information content (AvgIpc) is 2.26. The number of nitrogens with zero attached hydrogens (tertiary/aromatic N) is 1. The first-order valence-corrected chi connectivity index (χ1v) is 6.43. The molecule has 0 amide bonds. The van der Waals surface area contributed by atoms with E-state index in [-0.39, 0.29) is 0 Å². The molecule has 0 aromatic heterocycles. The van der Waals surface area contributed by atoms with Crippen molar-refractivity contribution in [2.75, 3.05) is 0 Å². The summed E-state index contributed by atoms with van der Waals surface area (Å²) >= 11 is 0.